The van der Waals surface area contributed by atoms with Gasteiger partial charge in [0.05, 0.1) is 23.3 Å². The van der Waals surface area contributed by atoms with Crippen molar-refractivity contribution in [2.75, 3.05) is 11.9 Å². The predicted octanol–water partition coefficient (Wildman–Crippen LogP) is 5.19. The highest BCUT2D eigenvalue weighted by molar-refractivity contribution is 7.80. The van der Waals surface area contributed by atoms with Crippen LogP contribution in [0.25, 0.3) is 5.69 Å². The highest BCUT2D eigenvalue weighted by atomic mass is 32.1. The van der Waals surface area contributed by atoms with E-state index in [1.54, 1.807) is 24.4 Å². The van der Waals surface area contributed by atoms with E-state index in [-0.39, 0.29) is 30.0 Å². The number of carbonyl (C=O) groups excluding carboxylic acids is 1. The number of benzene rings is 2. The molecule has 8 nitrogen and oxygen atoms in total. The van der Waals surface area contributed by atoms with Gasteiger partial charge < -0.3 is 25.2 Å². The third-order valence-corrected chi connectivity index (χ3v) is 7.25. The van der Waals surface area contributed by atoms with Gasteiger partial charge in [0.2, 0.25) is 5.91 Å². The number of amides is 1. The minimum Gasteiger partial charge on any atom is -0.478 e. The molecule has 2 atom stereocenters. The minimum absolute atomic E-state index is 0.101. The van der Waals surface area contributed by atoms with Crippen LogP contribution < -0.4 is 10.6 Å². The molecule has 1 fully saturated rings. The fraction of sp³-hybridized carbons (Fsp3) is 0.200. The Morgan fingerprint density at radius 1 is 1.05 bits per heavy atom. The van der Waals surface area contributed by atoms with E-state index in [2.05, 4.69) is 15.6 Å². The average molecular weight is 540 g/mol. The van der Waals surface area contributed by atoms with Crippen molar-refractivity contribution in [3.05, 3.63) is 113 Å². The second kappa shape index (κ2) is 11.1. The van der Waals surface area contributed by atoms with Gasteiger partial charge in [0.25, 0.3) is 0 Å². The third-order valence-electron chi connectivity index (χ3n) is 6.90. The molecule has 1 amide bonds. The molecule has 9 heteroatoms. The van der Waals surface area contributed by atoms with Crippen molar-refractivity contribution < 1.29 is 14.7 Å². The van der Waals surface area contributed by atoms with Crippen molar-refractivity contribution in [3.63, 3.8) is 0 Å². The quantitative estimate of drug-likeness (QED) is 0.265. The number of aromatic carboxylic acids is 1. The summed E-state index contributed by atoms with van der Waals surface area (Å²) in [6, 6.07) is 21.9. The molecule has 4 aromatic rings. The molecular formula is C30H29N5O3S. The summed E-state index contributed by atoms with van der Waals surface area (Å²) in [5.74, 6) is -1.09. The lowest BCUT2D eigenvalue weighted by Crippen LogP contribution is -2.33. The molecule has 2 aromatic heterocycles. The summed E-state index contributed by atoms with van der Waals surface area (Å²) in [5.41, 5.74) is 5.52. The largest absolute Gasteiger partial charge is 0.478 e. The summed E-state index contributed by atoms with van der Waals surface area (Å²) in [6.07, 6.45) is 3.88. The molecule has 3 N–H and O–H groups in total. The topological polar surface area (TPSA) is 99.5 Å². The number of anilines is 1. The lowest BCUT2D eigenvalue weighted by molar-refractivity contribution is -0.116. The summed E-state index contributed by atoms with van der Waals surface area (Å²) < 4.78 is 1.96. The number of carboxylic acid groups (broad SMARTS) is 1. The Balaban J connectivity index is 1.46. The Morgan fingerprint density at radius 3 is 2.67 bits per heavy atom. The van der Waals surface area contributed by atoms with E-state index >= 15 is 0 Å². The number of aromatic nitrogens is 2. The van der Waals surface area contributed by atoms with Crippen LogP contribution in [0.4, 0.5) is 5.69 Å². The molecule has 2 aromatic carbocycles. The SMILES string of the molecule is Cc1ccc(C)c(NC(=O)CCN2C(=S)N[C@H](c3ccccn3)[C@H]2c2cccn2-c2cccc(C(=O)O)c2)c1. The minimum atomic E-state index is -0.989. The maximum atomic E-state index is 13.0. The number of hydrogen-bond donors (Lipinski definition) is 3. The standard InChI is InChI=1S/C30H29N5O3S/c1-19-11-12-20(2)24(17-19)32-26(36)13-16-35-28(27(33-30(35)39)23-9-3-4-14-31-23)25-10-6-15-34(25)22-8-5-7-21(18-22)29(37)38/h3-12,14-15,17-18,27-28H,13,16H2,1-2H3,(H,32,36)(H,33,39)(H,37,38)/t27-,28-/m1/s1. The average Bonchev–Trinajstić information content (AvgIpc) is 3.54. The van der Waals surface area contributed by atoms with Gasteiger partial charge in [-0.05, 0) is 85.7 Å². The van der Waals surface area contributed by atoms with Crippen molar-refractivity contribution in [2.45, 2.75) is 32.4 Å². The molecular weight excluding hydrogens is 510 g/mol. The first-order valence-electron chi connectivity index (χ1n) is 12.7. The van der Waals surface area contributed by atoms with Crippen LogP contribution in [-0.4, -0.2) is 43.1 Å². The molecule has 0 bridgehead atoms. The number of rotatable bonds is 8. The van der Waals surface area contributed by atoms with Crippen LogP contribution in [0.1, 0.15) is 51.4 Å². The van der Waals surface area contributed by atoms with Crippen LogP contribution in [0.5, 0.6) is 0 Å². The number of hydrogen-bond acceptors (Lipinski definition) is 4. The number of thiocarbonyl (C=S) groups is 1. The monoisotopic (exact) mass is 539 g/mol. The van der Waals surface area contributed by atoms with Crippen LogP contribution in [0.3, 0.4) is 0 Å². The number of pyridine rings is 1. The first kappa shape index (κ1) is 26.1. The number of nitrogens with one attached hydrogen (secondary N) is 2. The van der Waals surface area contributed by atoms with Crippen LogP contribution in [0.2, 0.25) is 0 Å². The summed E-state index contributed by atoms with van der Waals surface area (Å²) in [5, 5.41) is 16.5. The maximum Gasteiger partial charge on any atom is 0.335 e. The van der Waals surface area contributed by atoms with Gasteiger partial charge in [-0.25, -0.2) is 4.79 Å². The van der Waals surface area contributed by atoms with Gasteiger partial charge in [-0.2, -0.15) is 0 Å². The Bertz CT molecular complexity index is 1530. The van der Waals surface area contributed by atoms with Gasteiger partial charge in [0.1, 0.15) is 0 Å². The summed E-state index contributed by atoms with van der Waals surface area (Å²) in [7, 11) is 0. The lowest BCUT2D eigenvalue weighted by Gasteiger charge is -2.29. The van der Waals surface area contributed by atoms with Crippen molar-refractivity contribution in [1.29, 1.82) is 0 Å². The fourth-order valence-electron chi connectivity index (χ4n) is 4.93. The summed E-state index contributed by atoms with van der Waals surface area (Å²) in [6.45, 7) is 4.35. The first-order valence-corrected chi connectivity index (χ1v) is 13.1. The molecule has 5 rings (SSSR count). The van der Waals surface area contributed by atoms with Gasteiger partial charge in [-0.15, -0.1) is 0 Å². The molecule has 0 spiro atoms. The van der Waals surface area contributed by atoms with E-state index in [0.29, 0.717) is 11.7 Å². The second-order valence-electron chi connectivity index (χ2n) is 9.60. The van der Waals surface area contributed by atoms with Crippen LogP contribution >= 0.6 is 12.2 Å². The predicted molar refractivity (Wildman–Crippen MR) is 154 cm³/mol. The van der Waals surface area contributed by atoms with E-state index in [1.807, 2.05) is 84.1 Å². The van der Waals surface area contributed by atoms with Crippen molar-refractivity contribution in [2.24, 2.45) is 0 Å². The molecule has 0 radical (unpaired) electrons. The fourth-order valence-corrected chi connectivity index (χ4v) is 5.26. The molecule has 0 unspecified atom stereocenters. The molecule has 1 aliphatic rings. The lowest BCUT2D eigenvalue weighted by atomic mass is 10.0. The van der Waals surface area contributed by atoms with Crippen molar-refractivity contribution >= 4 is 34.9 Å². The molecule has 1 aliphatic heterocycles. The van der Waals surface area contributed by atoms with E-state index in [1.165, 1.54) is 0 Å². The van der Waals surface area contributed by atoms with Crippen LogP contribution in [-0.2, 0) is 4.79 Å². The maximum absolute atomic E-state index is 13.0. The highest BCUT2D eigenvalue weighted by Gasteiger charge is 2.41. The summed E-state index contributed by atoms with van der Waals surface area (Å²) >= 11 is 5.77. The smallest absolute Gasteiger partial charge is 0.335 e. The number of carboxylic acids is 1. The van der Waals surface area contributed by atoms with Gasteiger partial charge in [0.15, 0.2) is 5.11 Å². The molecule has 3 heterocycles. The Morgan fingerprint density at radius 2 is 1.90 bits per heavy atom. The highest BCUT2D eigenvalue weighted by Crippen LogP contribution is 2.39. The van der Waals surface area contributed by atoms with E-state index < -0.39 is 5.97 Å². The second-order valence-corrected chi connectivity index (χ2v) is 9.98. The van der Waals surface area contributed by atoms with Crippen LogP contribution in [0.15, 0.2) is 85.2 Å². The van der Waals surface area contributed by atoms with Gasteiger partial charge >= 0.3 is 5.97 Å². The molecule has 0 aliphatic carbocycles. The third kappa shape index (κ3) is 5.53. The zero-order valence-corrected chi connectivity index (χ0v) is 22.5. The van der Waals surface area contributed by atoms with E-state index in [9.17, 15) is 14.7 Å². The van der Waals surface area contributed by atoms with Gasteiger partial charge in [-0.3, -0.25) is 9.78 Å². The van der Waals surface area contributed by atoms with E-state index in [4.69, 9.17) is 12.2 Å². The van der Waals surface area contributed by atoms with Gasteiger partial charge in [-0.1, -0.05) is 24.3 Å². The van der Waals surface area contributed by atoms with Gasteiger partial charge in [0, 0.05) is 42.4 Å². The number of nitrogens with zero attached hydrogens (tertiary/aromatic N) is 3. The molecule has 198 valence electrons. The van der Waals surface area contributed by atoms with Crippen molar-refractivity contribution in [1.82, 2.24) is 19.8 Å². The Hall–Kier alpha value is -4.50. The molecule has 1 saturated heterocycles. The first-order chi connectivity index (χ1) is 18.8. The number of aryl methyl sites for hydroxylation is 2. The summed E-state index contributed by atoms with van der Waals surface area (Å²) in [4.78, 5) is 31.2. The normalized spacial score (nSPS) is 16.7. The molecule has 39 heavy (non-hydrogen) atoms. The number of carbonyl (C=O) groups is 2. The van der Waals surface area contributed by atoms with E-state index in [0.717, 1.165) is 33.9 Å². The zero-order chi connectivity index (χ0) is 27.5. The molecule has 0 saturated carbocycles. The zero-order valence-electron chi connectivity index (χ0n) is 21.7. The Labute approximate surface area is 232 Å². The Kier molecular flexibility index (Phi) is 7.42. The van der Waals surface area contributed by atoms with Crippen molar-refractivity contribution in [3.8, 4) is 5.69 Å². The van der Waals surface area contributed by atoms with Crippen LogP contribution in [0, 0.1) is 13.8 Å².